The highest BCUT2D eigenvalue weighted by molar-refractivity contribution is 7.89. The first-order valence-electron chi connectivity index (χ1n) is 10.6. The number of likely N-dealkylation sites (tertiary alicyclic amines) is 1. The number of rotatable bonds is 7. The predicted octanol–water partition coefficient (Wildman–Crippen LogP) is 1.62. The van der Waals surface area contributed by atoms with Crippen molar-refractivity contribution in [3.05, 3.63) is 47.5 Å². The molecule has 0 unspecified atom stereocenters. The maximum absolute atomic E-state index is 14.3. The second-order valence-corrected chi connectivity index (χ2v) is 9.58. The van der Waals surface area contributed by atoms with Crippen molar-refractivity contribution < 1.29 is 22.4 Å². The van der Waals surface area contributed by atoms with E-state index in [1.54, 1.807) is 36.7 Å². The zero-order valence-corrected chi connectivity index (χ0v) is 19.2. The van der Waals surface area contributed by atoms with Gasteiger partial charge in [-0.2, -0.15) is 9.40 Å². The molecule has 2 heterocycles. The van der Waals surface area contributed by atoms with Crippen LogP contribution >= 0.6 is 0 Å². The number of aryl methyl sites for hydroxylation is 1. The van der Waals surface area contributed by atoms with Gasteiger partial charge in [0.2, 0.25) is 10.0 Å². The van der Waals surface area contributed by atoms with Crippen LogP contribution in [0.4, 0.5) is 4.39 Å². The lowest BCUT2D eigenvalue weighted by Gasteiger charge is -2.32. The highest BCUT2D eigenvalue weighted by Crippen LogP contribution is 2.22. The number of sulfonamides is 1. The lowest BCUT2D eigenvalue weighted by atomic mass is 10.0. The highest BCUT2D eigenvalue weighted by Gasteiger charge is 2.29. The van der Waals surface area contributed by atoms with Gasteiger partial charge in [-0.15, -0.1) is 0 Å². The van der Waals surface area contributed by atoms with E-state index in [0.29, 0.717) is 31.5 Å². The number of amides is 2. The Morgan fingerprint density at radius 1 is 1.19 bits per heavy atom. The van der Waals surface area contributed by atoms with Crippen molar-refractivity contribution in [2.24, 2.45) is 7.05 Å². The van der Waals surface area contributed by atoms with Crippen LogP contribution in [0.1, 0.15) is 47.4 Å². The minimum Gasteiger partial charge on any atom is -0.349 e. The van der Waals surface area contributed by atoms with Crippen LogP contribution in [0.15, 0.2) is 35.5 Å². The Bertz CT molecular complexity index is 1090. The number of benzene rings is 1. The molecule has 0 saturated carbocycles. The number of nitrogens with zero attached hydrogens (tertiary/aromatic N) is 4. The third-order valence-electron chi connectivity index (χ3n) is 5.59. The van der Waals surface area contributed by atoms with Crippen molar-refractivity contribution in [2.75, 3.05) is 26.2 Å². The van der Waals surface area contributed by atoms with E-state index >= 15 is 0 Å². The molecule has 1 N–H and O–H groups in total. The molecule has 1 aromatic heterocycles. The molecule has 0 spiro atoms. The van der Waals surface area contributed by atoms with Gasteiger partial charge in [0.1, 0.15) is 10.7 Å². The third kappa shape index (κ3) is 4.99. The molecule has 9 nitrogen and oxygen atoms in total. The van der Waals surface area contributed by atoms with Gasteiger partial charge in [0, 0.05) is 51.0 Å². The van der Waals surface area contributed by atoms with Crippen molar-refractivity contribution in [3.8, 4) is 0 Å². The summed E-state index contributed by atoms with van der Waals surface area (Å²) >= 11 is 0. The van der Waals surface area contributed by atoms with Crippen LogP contribution in [-0.4, -0.2) is 71.4 Å². The predicted molar refractivity (Wildman–Crippen MR) is 116 cm³/mol. The first kappa shape index (κ1) is 23.9. The SMILES string of the molecule is CCN(CC)S(=O)(=O)c1cc(C(=O)N2CCC(NC(=O)c3cnn(C)c3)CC2)ccc1F. The van der Waals surface area contributed by atoms with E-state index in [0.717, 1.165) is 16.4 Å². The zero-order chi connectivity index (χ0) is 23.5. The highest BCUT2D eigenvalue weighted by atomic mass is 32.2. The molecule has 2 amide bonds. The number of carbonyl (C=O) groups excluding carboxylic acids is 2. The van der Waals surface area contributed by atoms with Crippen molar-refractivity contribution in [2.45, 2.75) is 37.6 Å². The average Bonchev–Trinajstić information content (AvgIpc) is 3.21. The maximum Gasteiger partial charge on any atom is 0.254 e. The number of aromatic nitrogens is 2. The largest absolute Gasteiger partial charge is 0.349 e. The Balaban J connectivity index is 1.67. The van der Waals surface area contributed by atoms with Crippen molar-refractivity contribution in [1.82, 2.24) is 24.3 Å². The normalized spacial score (nSPS) is 15.2. The van der Waals surface area contributed by atoms with Crippen LogP contribution in [0, 0.1) is 5.82 Å². The molecule has 0 aliphatic carbocycles. The first-order chi connectivity index (χ1) is 15.2. The van der Waals surface area contributed by atoms with E-state index in [-0.39, 0.29) is 36.5 Å². The second-order valence-electron chi connectivity index (χ2n) is 7.68. The van der Waals surface area contributed by atoms with E-state index in [1.807, 2.05) is 0 Å². The van der Waals surface area contributed by atoms with Crippen LogP contribution in [0.25, 0.3) is 0 Å². The van der Waals surface area contributed by atoms with Gasteiger partial charge in [-0.3, -0.25) is 14.3 Å². The smallest absolute Gasteiger partial charge is 0.254 e. The molecular weight excluding hydrogens is 437 g/mol. The molecule has 1 saturated heterocycles. The molecule has 1 aliphatic heterocycles. The fourth-order valence-electron chi connectivity index (χ4n) is 3.75. The summed E-state index contributed by atoms with van der Waals surface area (Å²) in [7, 11) is -2.30. The Morgan fingerprint density at radius 2 is 1.84 bits per heavy atom. The Hall–Kier alpha value is -2.79. The Kier molecular flexibility index (Phi) is 7.29. The molecule has 11 heteroatoms. The van der Waals surface area contributed by atoms with Crippen molar-refractivity contribution in [3.63, 3.8) is 0 Å². The molecule has 0 radical (unpaired) electrons. The standard InChI is InChI=1S/C21H28FN5O4S/c1-4-27(5-2)32(30,31)19-12-15(6-7-18(19)22)21(29)26-10-8-17(9-11-26)24-20(28)16-13-23-25(3)14-16/h6-7,12-14,17H,4-5,8-11H2,1-3H3,(H,24,28). The molecule has 3 rings (SSSR count). The fourth-order valence-corrected chi connectivity index (χ4v) is 5.30. The molecule has 1 aliphatic rings. The van der Waals surface area contributed by atoms with Gasteiger partial charge in [0.05, 0.1) is 11.8 Å². The van der Waals surface area contributed by atoms with Gasteiger partial charge in [-0.05, 0) is 31.0 Å². The molecule has 2 aromatic rings. The number of piperidine rings is 1. The fraction of sp³-hybridized carbons (Fsp3) is 0.476. The van der Waals surface area contributed by atoms with Crippen LogP contribution in [-0.2, 0) is 17.1 Å². The Morgan fingerprint density at radius 3 is 2.41 bits per heavy atom. The molecular formula is C21H28FN5O4S. The van der Waals surface area contributed by atoms with E-state index in [1.165, 1.54) is 12.3 Å². The summed E-state index contributed by atoms with van der Waals surface area (Å²) in [5, 5.41) is 6.93. The molecule has 174 valence electrons. The van der Waals surface area contributed by atoms with Crippen molar-refractivity contribution in [1.29, 1.82) is 0 Å². The minimum atomic E-state index is -4.03. The molecule has 32 heavy (non-hydrogen) atoms. The van der Waals surface area contributed by atoms with Gasteiger partial charge in [-0.1, -0.05) is 13.8 Å². The number of nitrogens with one attached hydrogen (secondary N) is 1. The monoisotopic (exact) mass is 465 g/mol. The summed E-state index contributed by atoms with van der Waals surface area (Å²) in [5.74, 6) is -1.46. The maximum atomic E-state index is 14.3. The first-order valence-corrected chi connectivity index (χ1v) is 12.0. The summed E-state index contributed by atoms with van der Waals surface area (Å²) in [6.45, 7) is 4.54. The zero-order valence-electron chi connectivity index (χ0n) is 18.4. The van der Waals surface area contributed by atoms with E-state index in [2.05, 4.69) is 10.4 Å². The summed E-state index contributed by atoms with van der Waals surface area (Å²) in [6.07, 6.45) is 4.24. The van der Waals surface area contributed by atoms with Crippen LogP contribution in [0.5, 0.6) is 0 Å². The van der Waals surface area contributed by atoms with Crippen LogP contribution < -0.4 is 5.32 Å². The van der Waals surface area contributed by atoms with Crippen LogP contribution in [0.2, 0.25) is 0 Å². The molecule has 1 fully saturated rings. The number of hydrogen-bond acceptors (Lipinski definition) is 5. The summed E-state index contributed by atoms with van der Waals surface area (Å²) in [6, 6.07) is 3.35. The average molecular weight is 466 g/mol. The summed E-state index contributed by atoms with van der Waals surface area (Å²) in [4.78, 5) is 26.3. The van der Waals surface area contributed by atoms with Gasteiger partial charge < -0.3 is 10.2 Å². The van der Waals surface area contributed by atoms with E-state index in [9.17, 15) is 22.4 Å². The summed E-state index contributed by atoms with van der Waals surface area (Å²) in [5.41, 5.74) is 0.592. The molecule has 0 atom stereocenters. The van der Waals surface area contributed by atoms with Crippen LogP contribution in [0.3, 0.4) is 0 Å². The van der Waals surface area contributed by atoms with E-state index < -0.39 is 20.7 Å². The quantitative estimate of drug-likeness (QED) is 0.669. The summed E-state index contributed by atoms with van der Waals surface area (Å²) < 4.78 is 42.5. The van der Waals surface area contributed by atoms with Gasteiger partial charge in [0.15, 0.2) is 0 Å². The van der Waals surface area contributed by atoms with Gasteiger partial charge in [-0.25, -0.2) is 12.8 Å². The number of hydrogen-bond donors (Lipinski definition) is 1. The topological polar surface area (TPSA) is 105 Å². The molecule has 1 aromatic carbocycles. The number of carbonyl (C=O) groups is 2. The van der Waals surface area contributed by atoms with E-state index in [4.69, 9.17) is 0 Å². The van der Waals surface area contributed by atoms with Crippen molar-refractivity contribution >= 4 is 21.8 Å². The van der Waals surface area contributed by atoms with Gasteiger partial charge in [0.25, 0.3) is 11.8 Å². The Labute approximate surface area is 187 Å². The lowest BCUT2D eigenvalue weighted by molar-refractivity contribution is 0.0697. The van der Waals surface area contributed by atoms with Gasteiger partial charge >= 0.3 is 0 Å². The second kappa shape index (κ2) is 9.78. The minimum absolute atomic E-state index is 0.0846. The molecule has 0 bridgehead atoms. The third-order valence-corrected chi connectivity index (χ3v) is 7.65. The lowest BCUT2D eigenvalue weighted by Crippen LogP contribution is -2.46. The number of halogens is 1.